The van der Waals surface area contributed by atoms with Gasteiger partial charge in [-0.2, -0.15) is 0 Å². The third-order valence-electron chi connectivity index (χ3n) is 4.91. The molecule has 3 heteroatoms. The van der Waals surface area contributed by atoms with Gasteiger partial charge in [0.2, 0.25) is 0 Å². The number of rotatable bonds is 6. The molecule has 2 saturated carbocycles. The summed E-state index contributed by atoms with van der Waals surface area (Å²) >= 11 is 0. The van der Waals surface area contributed by atoms with Crippen LogP contribution in [0.3, 0.4) is 0 Å². The zero-order chi connectivity index (χ0) is 14.3. The summed E-state index contributed by atoms with van der Waals surface area (Å²) in [5.74, 6) is 0.728. The van der Waals surface area contributed by atoms with Crippen molar-refractivity contribution in [1.82, 2.24) is 0 Å². The van der Waals surface area contributed by atoms with Crippen molar-refractivity contribution in [3.8, 4) is 0 Å². The van der Waals surface area contributed by atoms with E-state index in [0.717, 1.165) is 18.8 Å². The van der Waals surface area contributed by atoms with Crippen molar-refractivity contribution in [3.05, 3.63) is 23.9 Å². The van der Waals surface area contributed by atoms with Gasteiger partial charge in [0.25, 0.3) is 0 Å². The Labute approximate surface area is 122 Å². The first-order valence-electron chi connectivity index (χ1n) is 7.89. The molecule has 2 aliphatic rings. The van der Waals surface area contributed by atoms with E-state index in [4.69, 9.17) is 10.5 Å². The molecule has 2 N–H and O–H groups in total. The summed E-state index contributed by atoms with van der Waals surface area (Å²) in [6, 6.07) is 0. The van der Waals surface area contributed by atoms with E-state index in [0.29, 0.717) is 17.6 Å². The number of carbonyl (C=O) groups excluding carboxylic acids is 1. The van der Waals surface area contributed by atoms with Crippen molar-refractivity contribution >= 4 is 6.29 Å². The number of carbonyl (C=O) groups is 1. The van der Waals surface area contributed by atoms with Crippen LogP contribution in [0, 0.1) is 11.3 Å². The quantitative estimate of drug-likeness (QED) is 0.350. The molecule has 20 heavy (non-hydrogen) atoms. The van der Waals surface area contributed by atoms with E-state index in [1.165, 1.54) is 57.6 Å². The Morgan fingerprint density at radius 2 is 2.00 bits per heavy atom. The van der Waals surface area contributed by atoms with Gasteiger partial charge in [-0.05, 0) is 43.4 Å². The Kier molecular flexibility index (Phi) is 5.84. The van der Waals surface area contributed by atoms with Crippen molar-refractivity contribution in [2.24, 2.45) is 17.1 Å². The number of nitrogens with two attached hydrogens (primary N) is 1. The maximum Gasteiger partial charge on any atom is 0.151 e. The highest BCUT2D eigenvalue weighted by atomic mass is 16.5. The summed E-state index contributed by atoms with van der Waals surface area (Å²) in [7, 11) is 0. The van der Waals surface area contributed by atoms with Gasteiger partial charge in [-0.25, -0.2) is 0 Å². The van der Waals surface area contributed by atoms with E-state index in [1.54, 1.807) is 6.08 Å². The number of aldehydes is 1. The molecule has 0 bridgehead atoms. The third kappa shape index (κ3) is 4.20. The SMILES string of the molecule is N/C=C(C=O)\C=C/COCC1CCCC2(CCCC2)C1. The lowest BCUT2D eigenvalue weighted by Gasteiger charge is -2.38. The highest BCUT2D eigenvalue weighted by Gasteiger charge is 2.38. The lowest BCUT2D eigenvalue weighted by Crippen LogP contribution is -2.28. The van der Waals surface area contributed by atoms with Gasteiger partial charge in [-0.15, -0.1) is 0 Å². The average Bonchev–Trinajstić information content (AvgIpc) is 2.91. The summed E-state index contributed by atoms with van der Waals surface area (Å²) in [6.07, 6.45) is 16.9. The summed E-state index contributed by atoms with van der Waals surface area (Å²) in [6.45, 7) is 1.42. The summed E-state index contributed by atoms with van der Waals surface area (Å²) in [5.41, 5.74) is 6.45. The summed E-state index contributed by atoms with van der Waals surface area (Å²) in [4.78, 5) is 10.6. The van der Waals surface area contributed by atoms with Crippen molar-refractivity contribution < 1.29 is 9.53 Å². The predicted octanol–water partition coefficient (Wildman–Crippen LogP) is 3.35. The molecule has 0 aromatic carbocycles. The van der Waals surface area contributed by atoms with Crippen molar-refractivity contribution in [3.63, 3.8) is 0 Å². The molecule has 1 unspecified atom stereocenters. The van der Waals surface area contributed by atoms with Crippen LogP contribution in [-0.4, -0.2) is 19.5 Å². The minimum atomic E-state index is 0.496. The average molecular weight is 277 g/mol. The molecular weight excluding hydrogens is 250 g/mol. The van der Waals surface area contributed by atoms with Crippen LogP contribution in [0.1, 0.15) is 51.4 Å². The normalized spacial score (nSPS) is 26.4. The Hall–Kier alpha value is -1.09. The molecule has 0 amide bonds. The van der Waals surface area contributed by atoms with Crippen LogP contribution in [0.4, 0.5) is 0 Å². The third-order valence-corrected chi connectivity index (χ3v) is 4.91. The Morgan fingerprint density at radius 3 is 2.70 bits per heavy atom. The van der Waals surface area contributed by atoms with Crippen LogP contribution in [0.15, 0.2) is 23.9 Å². The fourth-order valence-electron chi connectivity index (χ4n) is 3.92. The zero-order valence-electron chi connectivity index (χ0n) is 12.4. The van der Waals surface area contributed by atoms with E-state index in [9.17, 15) is 4.79 Å². The minimum absolute atomic E-state index is 0.496. The van der Waals surface area contributed by atoms with Crippen LogP contribution in [0.2, 0.25) is 0 Å². The molecule has 2 aliphatic carbocycles. The number of hydrogen-bond donors (Lipinski definition) is 1. The molecule has 0 saturated heterocycles. The molecule has 0 radical (unpaired) electrons. The number of hydrogen-bond acceptors (Lipinski definition) is 3. The fourth-order valence-corrected chi connectivity index (χ4v) is 3.92. The second-order valence-corrected chi connectivity index (χ2v) is 6.39. The maximum absolute atomic E-state index is 10.6. The van der Waals surface area contributed by atoms with E-state index >= 15 is 0 Å². The first-order valence-corrected chi connectivity index (χ1v) is 7.89. The topological polar surface area (TPSA) is 52.3 Å². The van der Waals surface area contributed by atoms with Gasteiger partial charge in [0.05, 0.1) is 6.61 Å². The van der Waals surface area contributed by atoms with Crippen molar-refractivity contribution in [2.45, 2.75) is 51.4 Å². The van der Waals surface area contributed by atoms with Crippen LogP contribution in [0.25, 0.3) is 0 Å². The van der Waals surface area contributed by atoms with Gasteiger partial charge >= 0.3 is 0 Å². The van der Waals surface area contributed by atoms with E-state index < -0.39 is 0 Å². The maximum atomic E-state index is 10.6. The molecule has 2 rings (SSSR count). The smallest absolute Gasteiger partial charge is 0.151 e. The molecule has 2 fully saturated rings. The lowest BCUT2D eigenvalue weighted by molar-refractivity contribution is -0.104. The first-order chi connectivity index (χ1) is 9.78. The molecule has 0 aromatic rings. The first kappa shape index (κ1) is 15.3. The highest BCUT2D eigenvalue weighted by molar-refractivity contribution is 5.77. The standard InChI is InChI=1S/C17H27NO2/c18-12-16(13-19)6-4-10-20-14-15-5-3-9-17(11-15)7-1-2-8-17/h4,6,12-13,15H,1-3,5,7-11,14,18H2/b6-4-,16-12+. The zero-order valence-corrected chi connectivity index (χ0v) is 12.4. The van der Waals surface area contributed by atoms with Gasteiger partial charge in [0, 0.05) is 18.4 Å². The van der Waals surface area contributed by atoms with Gasteiger partial charge in [0.1, 0.15) is 0 Å². The Balaban J connectivity index is 1.68. The second-order valence-electron chi connectivity index (χ2n) is 6.39. The molecule has 0 aromatic heterocycles. The van der Waals surface area contributed by atoms with E-state index in [1.807, 2.05) is 6.08 Å². The predicted molar refractivity (Wildman–Crippen MR) is 81.2 cm³/mol. The highest BCUT2D eigenvalue weighted by Crippen LogP contribution is 2.50. The van der Waals surface area contributed by atoms with Gasteiger partial charge in [0.15, 0.2) is 6.29 Å². The summed E-state index contributed by atoms with van der Waals surface area (Å²) < 4.78 is 5.74. The molecule has 0 heterocycles. The van der Waals surface area contributed by atoms with Crippen LogP contribution in [-0.2, 0) is 9.53 Å². The molecule has 112 valence electrons. The van der Waals surface area contributed by atoms with Crippen molar-refractivity contribution in [2.75, 3.05) is 13.2 Å². The molecule has 0 aliphatic heterocycles. The van der Waals surface area contributed by atoms with E-state index in [2.05, 4.69) is 0 Å². The summed E-state index contributed by atoms with van der Waals surface area (Å²) in [5, 5.41) is 0. The number of ether oxygens (including phenoxy) is 1. The Morgan fingerprint density at radius 1 is 1.25 bits per heavy atom. The molecule has 1 spiro atoms. The minimum Gasteiger partial charge on any atom is -0.404 e. The van der Waals surface area contributed by atoms with Crippen LogP contribution in [0.5, 0.6) is 0 Å². The van der Waals surface area contributed by atoms with Gasteiger partial charge in [-0.1, -0.05) is 31.4 Å². The lowest BCUT2D eigenvalue weighted by atomic mass is 9.69. The molecule has 1 atom stereocenters. The molecular formula is C17H27NO2. The Bertz CT molecular complexity index is 367. The number of allylic oxidation sites excluding steroid dienone is 2. The fraction of sp³-hybridized carbons (Fsp3) is 0.706. The van der Waals surface area contributed by atoms with Crippen LogP contribution < -0.4 is 5.73 Å². The molecule has 3 nitrogen and oxygen atoms in total. The van der Waals surface area contributed by atoms with Crippen molar-refractivity contribution in [1.29, 1.82) is 0 Å². The second kappa shape index (κ2) is 7.63. The monoisotopic (exact) mass is 277 g/mol. The van der Waals surface area contributed by atoms with E-state index in [-0.39, 0.29) is 0 Å². The van der Waals surface area contributed by atoms with Gasteiger partial charge in [-0.3, -0.25) is 4.79 Å². The van der Waals surface area contributed by atoms with Gasteiger partial charge < -0.3 is 10.5 Å². The largest absolute Gasteiger partial charge is 0.404 e. The van der Waals surface area contributed by atoms with Crippen LogP contribution >= 0.6 is 0 Å².